The van der Waals surface area contributed by atoms with Gasteiger partial charge in [-0.15, -0.1) is 16.4 Å². The molecule has 2 heterocycles. The zero-order valence-corrected chi connectivity index (χ0v) is 29.0. The number of H-pyrrole nitrogens is 1. The first-order valence-corrected chi connectivity index (χ1v) is 17.6. The lowest BCUT2D eigenvalue weighted by molar-refractivity contribution is -0.124. The lowest BCUT2D eigenvalue weighted by Gasteiger charge is -2.39. The van der Waals surface area contributed by atoms with E-state index in [2.05, 4.69) is 71.1 Å². The largest absolute Gasteiger partial charge is 0.478 e. The molecule has 5 rings (SSSR count). The quantitative estimate of drug-likeness (QED) is 0.230. The van der Waals surface area contributed by atoms with E-state index in [4.69, 9.17) is 10.8 Å². The third-order valence-electron chi connectivity index (χ3n) is 8.40. The number of carbonyl (C=O) groups excluding carboxylic acids is 1. The number of anilines is 2. The average Bonchev–Trinajstić information content (AvgIpc) is 3.61. The zero-order chi connectivity index (χ0) is 32.7. The van der Waals surface area contributed by atoms with Gasteiger partial charge in [-0.1, -0.05) is 48.2 Å². The summed E-state index contributed by atoms with van der Waals surface area (Å²) in [7, 11) is 0. The van der Waals surface area contributed by atoms with Gasteiger partial charge in [-0.05, 0) is 110 Å². The maximum absolute atomic E-state index is 13.9. The Morgan fingerprint density at radius 1 is 1.07 bits per heavy atom. The van der Waals surface area contributed by atoms with Crippen LogP contribution in [0.5, 0.6) is 0 Å². The lowest BCUT2D eigenvalue weighted by Crippen LogP contribution is -2.46. The fraction of sp³-hybridized carbons (Fsp3) is 0.543. The molecule has 10 heteroatoms. The Bertz CT molecular complexity index is 1510. The van der Waals surface area contributed by atoms with Gasteiger partial charge in [0, 0.05) is 28.0 Å². The predicted molar refractivity (Wildman–Crippen MR) is 185 cm³/mol. The number of hydrogen-bond acceptors (Lipinski definition) is 7. The molecule has 0 atom stereocenters. The zero-order valence-electron chi connectivity index (χ0n) is 27.4. The van der Waals surface area contributed by atoms with Crippen molar-refractivity contribution in [1.29, 1.82) is 0 Å². The number of carboxylic acid groups (broad SMARTS) is 1. The second-order valence-electron chi connectivity index (χ2n) is 13.5. The SMILES string of the molecule is CC1CCC(C(=O)N(c2csc(C#CC(C)(C)C)c2)C2CCC(Sc3n[nH]c(N)n3)CC2)CC1.Cc1ccc(C(=O)O)c(C)c1. The highest BCUT2D eigenvalue weighted by Crippen LogP contribution is 2.39. The Morgan fingerprint density at radius 2 is 1.76 bits per heavy atom. The minimum absolute atomic E-state index is 0.0393. The van der Waals surface area contributed by atoms with Crippen LogP contribution in [0.2, 0.25) is 0 Å². The second-order valence-corrected chi connectivity index (χ2v) is 15.7. The van der Waals surface area contributed by atoms with Crippen LogP contribution in [-0.4, -0.2) is 43.5 Å². The number of nitrogen functional groups attached to an aromatic ring is 1. The van der Waals surface area contributed by atoms with Gasteiger partial charge < -0.3 is 15.7 Å². The van der Waals surface area contributed by atoms with Gasteiger partial charge in [-0.3, -0.25) is 4.79 Å². The van der Waals surface area contributed by atoms with Crippen molar-refractivity contribution in [3.8, 4) is 11.8 Å². The van der Waals surface area contributed by atoms with Gasteiger partial charge in [0.15, 0.2) is 0 Å². The molecule has 1 amide bonds. The van der Waals surface area contributed by atoms with E-state index in [0.29, 0.717) is 27.8 Å². The maximum atomic E-state index is 13.9. The lowest BCUT2D eigenvalue weighted by atomic mass is 9.81. The topological polar surface area (TPSA) is 125 Å². The molecule has 0 radical (unpaired) electrons. The molecule has 8 nitrogen and oxygen atoms in total. The van der Waals surface area contributed by atoms with Gasteiger partial charge in [-0.25, -0.2) is 9.89 Å². The number of carbonyl (C=O) groups is 2. The standard InChI is InChI=1S/C26H37N5OS2.C9H10O2/c1-17-5-7-18(8-6-17)23(32)31(20-15-22(33-16-20)13-14-26(2,3)4)19-9-11-21(12-10-19)34-25-28-24(27)29-30-25;1-6-3-4-8(9(10)11)7(2)5-6/h15-19,21H,5-12H2,1-4H3,(H3,27,28,29,30);3-5H,1-2H3,(H,10,11). The van der Waals surface area contributed by atoms with Crippen LogP contribution < -0.4 is 10.6 Å². The second kappa shape index (κ2) is 15.3. The number of aromatic nitrogens is 3. The molecule has 45 heavy (non-hydrogen) atoms. The number of benzene rings is 1. The van der Waals surface area contributed by atoms with Crippen LogP contribution in [0.3, 0.4) is 0 Å². The van der Waals surface area contributed by atoms with Crippen LogP contribution in [0.15, 0.2) is 34.8 Å². The number of rotatable bonds is 6. The summed E-state index contributed by atoms with van der Waals surface area (Å²) in [5, 5.41) is 18.8. The molecule has 0 spiro atoms. The van der Waals surface area contributed by atoms with Gasteiger partial charge in [0.25, 0.3) is 0 Å². The molecule has 0 bridgehead atoms. The number of aryl methyl sites for hydroxylation is 2. The summed E-state index contributed by atoms with van der Waals surface area (Å²) in [6.07, 6.45) is 8.38. The molecule has 2 aliphatic carbocycles. The molecule has 2 aliphatic rings. The number of hydrogen-bond donors (Lipinski definition) is 3. The van der Waals surface area contributed by atoms with Gasteiger partial charge in [0.05, 0.1) is 16.1 Å². The molecule has 2 saturated carbocycles. The van der Waals surface area contributed by atoms with Crippen LogP contribution in [0, 0.1) is 42.9 Å². The smallest absolute Gasteiger partial charge is 0.335 e. The van der Waals surface area contributed by atoms with Crippen LogP contribution in [0.1, 0.15) is 105 Å². The van der Waals surface area contributed by atoms with Crippen molar-refractivity contribution >= 4 is 46.6 Å². The minimum atomic E-state index is -0.859. The van der Waals surface area contributed by atoms with E-state index in [1.54, 1.807) is 42.2 Å². The van der Waals surface area contributed by atoms with Crippen molar-refractivity contribution < 1.29 is 14.7 Å². The fourth-order valence-electron chi connectivity index (χ4n) is 5.92. The van der Waals surface area contributed by atoms with Gasteiger partial charge in [-0.2, -0.15) is 4.98 Å². The fourth-order valence-corrected chi connectivity index (χ4v) is 7.71. The summed E-state index contributed by atoms with van der Waals surface area (Å²) in [5.74, 6) is 7.34. The monoisotopic (exact) mass is 649 g/mol. The summed E-state index contributed by atoms with van der Waals surface area (Å²) >= 11 is 3.34. The Hall–Kier alpha value is -3.29. The predicted octanol–water partition coefficient (Wildman–Crippen LogP) is 8.11. The third kappa shape index (κ3) is 10.1. The van der Waals surface area contributed by atoms with E-state index < -0.39 is 5.97 Å². The van der Waals surface area contributed by atoms with E-state index in [1.807, 2.05) is 13.0 Å². The molecular formula is C35H47N5O3S2. The number of nitrogens with two attached hydrogens (primary N) is 1. The summed E-state index contributed by atoms with van der Waals surface area (Å²) in [6, 6.07) is 7.66. The number of thiophene rings is 1. The molecule has 242 valence electrons. The van der Waals surface area contributed by atoms with Crippen molar-refractivity contribution in [1.82, 2.24) is 15.2 Å². The first-order valence-electron chi connectivity index (χ1n) is 15.9. The van der Waals surface area contributed by atoms with Crippen LogP contribution in [0.4, 0.5) is 11.6 Å². The number of thioether (sulfide) groups is 1. The molecule has 3 aromatic rings. The highest BCUT2D eigenvalue weighted by atomic mass is 32.2. The first kappa shape index (κ1) is 34.6. The van der Waals surface area contributed by atoms with Crippen molar-refractivity contribution in [2.75, 3.05) is 10.6 Å². The summed E-state index contributed by atoms with van der Waals surface area (Å²) < 4.78 is 0. The summed E-state index contributed by atoms with van der Waals surface area (Å²) in [6.45, 7) is 12.4. The molecular weight excluding hydrogens is 603 g/mol. The van der Waals surface area contributed by atoms with Crippen molar-refractivity contribution in [2.45, 2.75) is 109 Å². The summed E-state index contributed by atoms with van der Waals surface area (Å²) in [5.41, 5.74) is 8.96. The Morgan fingerprint density at radius 3 is 2.33 bits per heavy atom. The number of amides is 1. The highest BCUT2D eigenvalue weighted by molar-refractivity contribution is 7.99. The van der Waals surface area contributed by atoms with Gasteiger partial charge in [0.2, 0.25) is 17.0 Å². The Kier molecular flexibility index (Phi) is 11.8. The highest BCUT2D eigenvalue weighted by Gasteiger charge is 2.35. The molecule has 2 aromatic heterocycles. The van der Waals surface area contributed by atoms with E-state index in [0.717, 1.165) is 79.0 Å². The number of aromatic carboxylic acids is 1. The number of nitrogens with one attached hydrogen (secondary N) is 1. The Balaban J connectivity index is 0.000000354. The Labute approximate surface area is 276 Å². The van der Waals surface area contributed by atoms with Crippen LogP contribution >= 0.6 is 23.1 Å². The maximum Gasteiger partial charge on any atom is 0.335 e. The van der Waals surface area contributed by atoms with Crippen molar-refractivity contribution in [3.63, 3.8) is 0 Å². The van der Waals surface area contributed by atoms with Gasteiger partial charge >= 0.3 is 5.97 Å². The summed E-state index contributed by atoms with van der Waals surface area (Å²) in [4.78, 5) is 31.8. The molecule has 0 unspecified atom stereocenters. The molecule has 2 fully saturated rings. The molecule has 1 aromatic carbocycles. The van der Waals surface area contributed by atoms with E-state index >= 15 is 0 Å². The number of aromatic amines is 1. The number of carboxylic acids is 1. The average molecular weight is 650 g/mol. The molecule has 0 saturated heterocycles. The van der Waals surface area contributed by atoms with E-state index in [1.165, 1.54) is 0 Å². The van der Waals surface area contributed by atoms with Crippen LogP contribution in [-0.2, 0) is 4.79 Å². The molecule has 0 aliphatic heterocycles. The van der Waals surface area contributed by atoms with E-state index in [9.17, 15) is 9.59 Å². The van der Waals surface area contributed by atoms with Crippen molar-refractivity contribution in [3.05, 3.63) is 51.2 Å². The van der Waals surface area contributed by atoms with E-state index in [-0.39, 0.29) is 17.4 Å². The minimum Gasteiger partial charge on any atom is -0.478 e. The van der Waals surface area contributed by atoms with Crippen molar-refractivity contribution in [2.24, 2.45) is 17.3 Å². The first-order chi connectivity index (χ1) is 21.3. The normalized spacial score (nSPS) is 21.6. The van der Waals surface area contributed by atoms with Gasteiger partial charge in [0.1, 0.15) is 0 Å². The third-order valence-corrected chi connectivity index (χ3v) is 10.4. The molecule has 4 N–H and O–H groups in total. The number of nitrogens with zero attached hydrogens (tertiary/aromatic N) is 3. The van der Waals surface area contributed by atoms with Crippen LogP contribution in [0.25, 0.3) is 0 Å².